The first-order valence-corrected chi connectivity index (χ1v) is 2.16. The van der Waals surface area contributed by atoms with Crippen LogP contribution in [0.2, 0.25) is 0 Å². The van der Waals surface area contributed by atoms with Crippen molar-refractivity contribution in [3.05, 3.63) is 19.1 Å². The van der Waals surface area contributed by atoms with Crippen LogP contribution in [0.15, 0.2) is 12.2 Å². The second-order valence-electron chi connectivity index (χ2n) is 1.31. The van der Waals surface area contributed by atoms with Gasteiger partial charge in [0, 0.05) is 0 Å². The summed E-state index contributed by atoms with van der Waals surface area (Å²) >= 11 is 0. The molecule has 0 saturated heterocycles. The topological polar surface area (TPSA) is 19.9 Å². The predicted molar refractivity (Wildman–Crippen MR) is 28.3 cm³/mol. The molecule has 7 heavy (non-hydrogen) atoms. The normalized spacial score (nSPS) is 7.43. The number of allylic oxidation sites excluding steroid dienone is 1. The molecule has 0 spiro atoms. The van der Waals surface area contributed by atoms with Crippen LogP contribution < -0.4 is 0 Å². The molecule has 1 heteroatoms. The Morgan fingerprint density at radius 2 is 2.43 bits per heavy atom. The molecule has 0 aromatic carbocycles. The summed E-state index contributed by atoms with van der Waals surface area (Å²) in [7, 11) is 0. The molecular weight excluding hydrogens is 88.1 g/mol. The molecule has 0 heterocycles. The molecule has 0 bridgehead atoms. The van der Waals surface area contributed by atoms with Gasteiger partial charge in [0.15, 0.2) is 0 Å². The van der Waals surface area contributed by atoms with Crippen molar-refractivity contribution in [2.24, 2.45) is 0 Å². The van der Waals surface area contributed by atoms with E-state index < -0.39 is 0 Å². The summed E-state index contributed by atoms with van der Waals surface area (Å²) in [6.07, 6.45) is 3.08. The average molecular weight is 96.1 g/mol. The Balaban J connectivity index is 3.24. The van der Waals surface area contributed by atoms with Gasteiger partial charge in [-0.15, -0.1) is 0 Å². The van der Waals surface area contributed by atoms with Gasteiger partial charge in [-0.05, 0) is 0 Å². The first-order valence-electron chi connectivity index (χ1n) is 2.16. The summed E-state index contributed by atoms with van der Waals surface area (Å²) in [4.78, 5) is 0. The molecule has 0 amide bonds. The van der Waals surface area contributed by atoms with Crippen molar-refractivity contribution in [1.29, 1.82) is 0 Å². The first-order chi connectivity index (χ1) is 3.31. The Morgan fingerprint density at radius 3 is 2.57 bits per heavy atom. The van der Waals surface area contributed by atoms with Gasteiger partial charge in [-0.1, -0.05) is 0 Å². The maximum absolute atomic E-state index is 9.64. The first kappa shape index (κ1) is 6.48. The molecule has 38 valence electrons. The van der Waals surface area contributed by atoms with Gasteiger partial charge in [0.1, 0.15) is 0 Å². The molecule has 0 aromatic rings. The van der Waals surface area contributed by atoms with E-state index >= 15 is 0 Å². The van der Waals surface area contributed by atoms with E-state index in [0.717, 1.165) is 6.42 Å². The molecule has 0 aliphatic heterocycles. The Bertz CT molecular complexity index is 97.2. The zero-order valence-corrected chi connectivity index (χ0v) is 4.24. The zero-order valence-electron chi connectivity index (χ0n) is 4.24. The van der Waals surface area contributed by atoms with E-state index in [9.17, 15) is 4.65 Å². The van der Waals surface area contributed by atoms with E-state index in [1.165, 1.54) is 0 Å². The third-order valence-corrected chi connectivity index (χ3v) is 0.623. The quantitative estimate of drug-likeness (QED) is 0.367. The molecule has 0 fully saturated rings. The minimum atomic E-state index is 0.509. The molecule has 1 nitrogen and oxygen atoms in total. The van der Waals surface area contributed by atoms with Crippen molar-refractivity contribution in [3.63, 3.8) is 0 Å². The number of rotatable bonds is 2. The van der Waals surface area contributed by atoms with Gasteiger partial charge in [-0.2, -0.15) is 0 Å². The van der Waals surface area contributed by atoms with Crippen LogP contribution in [0, 0.1) is 13.1 Å². The fourth-order valence-electron chi connectivity index (χ4n) is 0.264. The summed E-state index contributed by atoms with van der Waals surface area (Å²) in [5, 5.41) is 0. The molecule has 0 aliphatic carbocycles. The van der Waals surface area contributed by atoms with Crippen LogP contribution in [-0.2, 0) is 4.65 Å². The molecule has 0 aromatic heterocycles. The van der Waals surface area contributed by atoms with E-state index in [1.807, 2.05) is 0 Å². The molecule has 0 rings (SSSR count). The van der Waals surface area contributed by atoms with E-state index in [1.54, 1.807) is 6.15 Å². The van der Waals surface area contributed by atoms with Crippen molar-refractivity contribution in [3.8, 4) is 6.15 Å². The molecular formula is C6H8O. The van der Waals surface area contributed by atoms with Crippen LogP contribution in [0.3, 0.4) is 0 Å². The van der Waals surface area contributed by atoms with E-state index in [4.69, 9.17) is 0 Å². The van der Waals surface area contributed by atoms with Crippen molar-refractivity contribution in [1.82, 2.24) is 0 Å². The van der Waals surface area contributed by atoms with Crippen LogP contribution in [0.5, 0.6) is 0 Å². The average Bonchev–Trinajstić information content (AvgIpc) is 1.68. The fourth-order valence-corrected chi connectivity index (χ4v) is 0.264. The third-order valence-electron chi connectivity index (χ3n) is 0.623. The van der Waals surface area contributed by atoms with E-state index in [0.29, 0.717) is 12.0 Å². The molecule has 0 saturated carbocycles. The summed E-state index contributed by atoms with van der Waals surface area (Å²) < 4.78 is 9.64. The van der Waals surface area contributed by atoms with Gasteiger partial charge in [-0.3, -0.25) is 0 Å². The minimum absolute atomic E-state index is 0.509. The van der Waals surface area contributed by atoms with Gasteiger partial charge in [0.05, 0.1) is 0 Å². The van der Waals surface area contributed by atoms with Crippen LogP contribution in [0.4, 0.5) is 0 Å². The molecule has 0 N–H and O–H groups in total. The predicted octanol–water partition coefficient (Wildman–Crippen LogP) is 1.55. The number of hydrogen-bond donors (Lipinski definition) is 0. The summed E-state index contributed by atoms with van der Waals surface area (Å²) in [5.74, 6) is 0. The third kappa shape index (κ3) is 3.31. The Hall–Kier alpha value is -0.520. The Morgan fingerprint density at radius 1 is 1.86 bits per heavy atom. The maximum atomic E-state index is 9.64. The molecule has 0 atom stereocenters. The van der Waals surface area contributed by atoms with E-state index in [2.05, 4.69) is 13.5 Å². The zero-order chi connectivity index (χ0) is 5.70. The molecule has 0 unspecified atom stereocenters. The second kappa shape index (κ2) is 3.66. The van der Waals surface area contributed by atoms with Crippen LogP contribution >= 0.6 is 0 Å². The van der Waals surface area contributed by atoms with Gasteiger partial charge >= 0.3 is 42.7 Å². The molecule has 0 radical (unpaired) electrons. The molecule has 0 aliphatic rings. The standard InChI is InChI=1S/C6H8O/c1-3-4-6(2)5-7/h1-4H2. The van der Waals surface area contributed by atoms with Crippen molar-refractivity contribution in [2.75, 3.05) is 0 Å². The SMILES string of the molecule is C=C(C#[O+])CC[CH2-]. The van der Waals surface area contributed by atoms with Gasteiger partial charge in [0.25, 0.3) is 0 Å². The number of hydrogen-bond acceptors (Lipinski definition) is 0. The Kier molecular flexibility index (Phi) is 3.39. The second-order valence-corrected chi connectivity index (χ2v) is 1.31. The summed E-state index contributed by atoms with van der Waals surface area (Å²) in [6, 6.07) is 0. The monoisotopic (exact) mass is 96.1 g/mol. The van der Waals surface area contributed by atoms with Crippen molar-refractivity contribution < 1.29 is 4.65 Å². The van der Waals surface area contributed by atoms with E-state index in [-0.39, 0.29) is 0 Å². The van der Waals surface area contributed by atoms with Crippen LogP contribution in [0.25, 0.3) is 0 Å². The fraction of sp³-hybridized carbons (Fsp3) is 0.333. The van der Waals surface area contributed by atoms with Crippen LogP contribution in [-0.4, -0.2) is 0 Å². The van der Waals surface area contributed by atoms with Crippen LogP contribution in [0.1, 0.15) is 12.8 Å². The van der Waals surface area contributed by atoms with Gasteiger partial charge in [0.2, 0.25) is 0 Å². The van der Waals surface area contributed by atoms with Crippen molar-refractivity contribution >= 4 is 0 Å². The summed E-state index contributed by atoms with van der Waals surface area (Å²) in [6.45, 7) is 6.93. The van der Waals surface area contributed by atoms with Crippen molar-refractivity contribution in [2.45, 2.75) is 12.8 Å². The summed E-state index contributed by atoms with van der Waals surface area (Å²) in [5.41, 5.74) is 0.509. The van der Waals surface area contributed by atoms with Gasteiger partial charge < -0.3 is 0 Å². The van der Waals surface area contributed by atoms with Gasteiger partial charge in [-0.25, -0.2) is 0 Å². The Labute approximate surface area is 43.8 Å².